The van der Waals surface area contributed by atoms with Crippen molar-refractivity contribution in [1.29, 1.82) is 0 Å². The van der Waals surface area contributed by atoms with E-state index in [-0.39, 0.29) is 6.03 Å². The predicted octanol–water partition coefficient (Wildman–Crippen LogP) is 4.98. The molecular formula is C20H17N3OS. The number of carbonyl (C=O) groups excluding carboxylic acids is 1. The molecule has 4 rings (SSSR count). The van der Waals surface area contributed by atoms with Crippen LogP contribution in [0.1, 0.15) is 0 Å². The Morgan fingerprint density at radius 3 is 2.52 bits per heavy atom. The van der Waals surface area contributed by atoms with E-state index in [4.69, 9.17) is 0 Å². The van der Waals surface area contributed by atoms with E-state index in [1.165, 1.54) is 0 Å². The van der Waals surface area contributed by atoms with Gasteiger partial charge in [0.25, 0.3) is 0 Å². The summed E-state index contributed by atoms with van der Waals surface area (Å²) in [6.07, 6.45) is 0. The molecule has 5 heteroatoms. The lowest BCUT2D eigenvalue weighted by Crippen LogP contribution is -2.38. The van der Waals surface area contributed by atoms with Crippen molar-refractivity contribution >= 4 is 45.1 Å². The highest BCUT2D eigenvalue weighted by molar-refractivity contribution is 8.14. The van der Waals surface area contributed by atoms with E-state index in [0.717, 1.165) is 39.6 Å². The molecule has 3 aromatic rings. The molecule has 0 aliphatic carbocycles. The molecule has 1 aliphatic rings. The zero-order chi connectivity index (χ0) is 17.1. The second-order valence-corrected chi connectivity index (χ2v) is 6.70. The van der Waals surface area contributed by atoms with Crippen LogP contribution >= 0.6 is 11.8 Å². The van der Waals surface area contributed by atoms with E-state index < -0.39 is 0 Å². The van der Waals surface area contributed by atoms with Crippen molar-refractivity contribution in [3.63, 3.8) is 0 Å². The van der Waals surface area contributed by atoms with E-state index in [1.807, 2.05) is 60.7 Å². The minimum atomic E-state index is -0.198. The Hall–Kier alpha value is -2.79. The van der Waals surface area contributed by atoms with E-state index in [2.05, 4.69) is 22.4 Å². The van der Waals surface area contributed by atoms with Gasteiger partial charge in [0.05, 0.1) is 12.2 Å². The summed E-state index contributed by atoms with van der Waals surface area (Å²) in [7, 11) is 0. The number of hydrogen-bond acceptors (Lipinski definition) is 3. The molecule has 0 radical (unpaired) electrons. The third kappa shape index (κ3) is 3.23. The van der Waals surface area contributed by atoms with Gasteiger partial charge in [-0.1, -0.05) is 66.4 Å². The summed E-state index contributed by atoms with van der Waals surface area (Å²) in [4.78, 5) is 19.3. The van der Waals surface area contributed by atoms with Crippen LogP contribution in [-0.4, -0.2) is 23.5 Å². The summed E-state index contributed by atoms with van der Waals surface area (Å²) in [6.45, 7) is 0.736. The molecule has 25 heavy (non-hydrogen) atoms. The molecule has 0 unspecified atom stereocenters. The zero-order valence-corrected chi connectivity index (χ0v) is 14.4. The quantitative estimate of drug-likeness (QED) is 0.710. The molecule has 0 saturated carbocycles. The molecule has 3 aromatic carbocycles. The number of para-hydroxylation sites is 1. The Labute approximate surface area is 150 Å². The fraction of sp³-hybridized carbons (Fsp3) is 0.100. The summed E-state index contributed by atoms with van der Waals surface area (Å²) in [6, 6.07) is 23.4. The molecule has 0 bridgehead atoms. The number of thioether (sulfide) groups is 1. The molecule has 2 amide bonds. The highest BCUT2D eigenvalue weighted by atomic mass is 32.2. The highest BCUT2D eigenvalue weighted by Gasteiger charge is 2.25. The van der Waals surface area contributed by atoms with Gasteiger partial charge in [0.2, 0.25) is 0 Å². The summed E-state index contributed by atoms with van der Waals surface area (Å²) < 4.78 is 0. The second kappa shape index (κ2) is 6.99. The summed E-state index contributed by atoms with van der Waals surface area (Å²) in [5.41, 5.74) is 1.61. The summed E-state index contributed by atoms with van der Waals surface area (Å²) in [5, 5.41) is 5.84. The SMILES string of the molecule is O=C(Nc1ccccc1)N(C1=NCCS1)c1cccc2ccccc12. The number of urea groups is 1. The molecule has 0 saturated heterocycles. The fourth-order valence-electron chi connectivity index (χ4n) is 2.86. The van der Waals surface area contributed by atoms with Crippen LogP contribution in [0.4, 0.5) is 16.2 Å². The van der Waals surface area contributed by atoms with Gasteiger partial charge in [0, 0.05) is 16.8 Å². The Bertz CT molecular complexity index is 935. The maximum atomic E-state index is 13.1. The molecule has 1 aliphatic heterocycles. The van der Waals surface area contributed by atoms with E-state index >= 15 is 0 Å². The first-order chi connectivity index (χ1) is 12.3. The van der Waals surface area contributed by atoms with Gasteiger partial charge >= 0.3 is 6.03 Å². The van der Waals surface area contributed by atoms with Crippen LogP contribution in [0.25, 0.3) is 10.8 Å². The molecule has 0 aromatic heterocycles. The first-order valence-electron chi connectivity index (χ1n) is 8.14. The lowest BCUT2D eigenvalue weighted by atomic mass is 10.1. The van der Waals surface area contributed by atoms with Crippen molar-refractivity contribution in [2.75, 3.05) is 22.5 Å². The molecule has 124 valence electrons. The van der Waals surface area contributed by atoms with Crippen LogP contribution in [0.5, 0.6) is 0 Å². The van der Waals surface area contributed by atoms with Gasteiger partial charge in [-0.3, -0.25) is 4.99 Å². The topological polar surface area (TPSA) is 44.7 Å². The first-order valence-corrected chi connectivity index (χ1v) is 9.13. The standard InChI is InChI=1S/C20H17N3OS/c24-19(22-16-9-2-1-3-10-16)23(20-21-13-14-25-20)18-12-6-8-15-7-4-5-11-17(15)18/h1-12H,13-14H2,(H,22,24). The number of amides is 2. The average Bonchev–Trinajstić information content (AvgIpc) is 3.17. The fourth-order valence-corrected chi connectivity index (χ4v) is 3.72. The van der Waals surface area contributed by atoms with Crippen molar-refractivity contribution < 1.29 is 4.79 Å². The number of carbonyl (C=O) groups is 1. The Balaban J connectivity index is 1.77. The van der Waals surface area contributed by atoms with Gasteiger partial charge in [-0.25, -0.2) is 9.69 Å². The summed E-state index contributed by atoms with van der Waals surface area (Å²) >= 11 is 1.61. The number of aliphatic imine (C=N–C) groups is 1. The number of nitrogens with one attached hydrogen (secondary N) is 1. The first kappa shape index (κ1) is 15.7. The monoisotopic (exact) mass is 347 g/mol. The van der Waals surface area contributed by atoms with E-state index in [1.54, 1.807) is 16.7 Å². The third-order valence-corrected chi connectivity index (χ3v) is 4.95. The number of anilines is 2. The number of fused-ring (bicyclic) bond motifs is 1. The molecule has 0 spiro atoms. The maximum absolute atomic E-state index is 13.1. The van der Waals surface area contributed by atoms with Crippen LogP contribution in [0.2, 0.25) is 0 Å². The van der Waals surface area contributed by atoms with Crippen molar-refractivity contribution in [2.24, 2.45) is 4.99 Å². The van der Waals surface area contributed by atoms with Crippen LogP contribution in [-0.2, 0) is 0 Å². The normalized spacial score (nSPS) is 13.5. The van der Waals surface area contributed by atoms with Crippen molar-refractivity contribution in [3.05, 3.63) is 72.8 Å². The number of hydrogen-bond donors (Lipinski definition) is 1. The van der Waals surface area contributed by atoms with Crippen molar-refractivity contribution in [2.45, 2.75) is 0 Å². The minimum Gasteiger partial charge on any atom is -0.307 e. The number of nitrogens with zero attached hydrogens (tertiary/aromatic N) is 2. The predicted molar refractivity (Wildman–Crippen MR) is 107 cm³/mol. The Morgan fingerprint density at radius 1 is 0.960 bits per heavy atom. The average molecular weight is 347 g/mol. The molecule has 4 nitrogen and oxygen atoms in total. The van der Waals surface area contributed by atoms with Crippen molar-refractivity contribution in [1.82, 2.24) is 0 Å². The lowest BCUT2D eigenvalue weighted by molar-refractivity contribution is 0.259. The van der Waals surface area contributed by atoms with Crippen molar-refractivity contribution in [3.8, 4) is 0 Å². The van der Waals surface area contributed by atoms with E-state index in [9.17, 15) is 4.79 Å². The molecule has 1 heterocycles. The zero-order valence-electron chi connectivity index (χ0n) is 13.6. The summed E-state index contributed by atoms with van der Waals surface area (Å²) in [5.74, 6) is 0.898. The Morgan fingerprint density at radius 2 is 1.72 bits per heavy atom. The van der Waals surface area contributed by atoms with Crippen LogP contribution in [0, 0.1) is 0 Å². The van der Waals surface area contributed by atoms with Gasteiger partial charge in [0.1, 0.15) is 0 Å². The number of benzene rings is 3. The van der Waals surface area contributed by atoms with Gasteiger partial charge < -0.3 is 5.32 Å². The molecule has 0 atom stereocenters. The van der Waals surface area contributed by atoms with Crippen LogP contribution in [0.15, 0.2) is 77.8 Å². The van der Waals surface area contributed by atoms with Crippen LogP contribution in [0.3, 0.4) is 0 Å². The van der Waals surface area contributed by atoms with Gasteiger partial charge in [-0.15, -0.1) is 0 Å². The maximum Gasteiger partial charge on any atom is 0.332 e. The van der Waals surface area contributed by atoms with Gasteiger partial charge in [-0.2, -0.15) is 0 Å². The largest absolute Gasteiger partial charge is 0.332 e. The van der Waals surface area contributed by atoms with Gasteiger partial charge in [0.15, 0.2) is 5.17 Å². The van der Waals surface area contributed by atoms with E-state index in [0.29, 0.717) is 0 Å². The molecule has 0 fully saturated rings. The highest BCUT2D eigenvalue weighted by Crippen LogP contribution is 2.31. The minimum absolute atomic E-state index is 0.198. The number of rotatable bonds is 2. The van der Waals surface area contributed by atoms with Gasteiger partial charge in [-0.05, 0) is 23.6 Å². The second-order valence-electron chi connectivity index (χ2n) is 5.64. The number of amidine groups is 1. The third-order valence-electron chi connectivity index (χ3n) is 4.00. The molecular weight excluding hydrogens is 330 g/mol. The lowest BCUT2D eigenvalue weighted by Gasteiger charge is -2.24. The Kier molecular flexibility index (Phi) is 4.39. The van der Waals surface area contributed by atoms with Crippen LogP contribution < -0.4 is 10.2 Å². The molecule has 1 N–H and O–H groups in total. The smallest absolute Gasteiger partial charge is 0.307 e.